The molecule has 0 aliphatic rings. The van der Waals surface area contributed by atoms with Crippen LogP contribution >= 0.6 is 11.3 Å². The normalized spacial score (nSPS) is 12.8. The molecule has 1 rings (SSSR count). The van der Waals surface area contributed by atoms with E-state index in [4.69, 9.17) is 5.73 Å². The average Bonchev–Trinajstić information content (AvgIpc) is 2.75. The van der Waals surface area contributed by atoms with E-state index in [-0.39, 0.29) is 5.91 Å². The molecular formula is C12H21N3OS. The number of nitrogens with two attached hydrogens (primary N) is 1. The lowest BCUT2D eigenvalue weighted by Gasteiger charge is -2.09. The lowest BCUT2D eigenvalue weighted by atomic mass is 10.2. The number of aromatic nitrogens is 1. The molecule has 0 saturated heterocycles. The maximum atomic E-state index is 11.6. The maximum Gasteiger partial charge on any atom is 0.237 e. The first-order valence-corrected chi connectivity index (χ1v) is 6.90. The molecule has 0 aliphatic heterocycles. The Labute approximate surface area is 107 Å². The topological polar surface area (TPSA) is 68.0 Å². The van der Waals surface area contributed by atoms with Gasteiger partial charge >= 0.3 is 0 Å². The quantitative estimate of drug-likeness (QED) is 0.817. The van der Waals surface area contributed by atoms with E-state index in [9.17, 15) is 4.79 Å². The second kappa shape index (κ2) is 6.71. The van der Waals surface area contributed by atoms with E-state index in [1.54, 1.807) is 11.3 Å². The number of hydrogen-bond donors (Lipinski definition) is 2. The third-order valence-corrected chi connectivity index (χ3v) is 3.38. The van der Waals surface area contributed by atoms with Crippen molar-refractivity contribution in [1.29, 1.82) is 0 Å². The van der Waals surface area contributed by atoms with Crippen molar-refractivity contribution in [3.05, 3.63) is 16.1 Å². The third-order valence-electron chi connectivity index (χ3n) is 2.51. The Balaban J connectivity index is 2.41. The number of hydrogen-bond acceptors (Lipinski definition) is 4. The minimum atomic E-state index is -0.399. The number of thiazole rings is 1. The lowest BCUT2D eigenvalue weighted by Crippen LogP contribution is -2.40. The molecule has 4 nitrogen and oxygen atoms in total. The van der Waals surface area contributed by atoms with Gasteiger partial charge in [0.05, 0.1) is 18.3 Å². The van der Waals surface area contributed by atoms with Crippen LogP contribution in [0.25, 0.3) is 0 Å². The molecule has 96 valence electrons. The summed E-state index contributed by atoms with van der Waals surface area (Å²) < 4.78 is 0. The first-order valence-electron chi connectivity index (χ1n) is 6.02. The molecular weight excluding hydrogens is 234 g/mol. The van der Waals surface area contributed by atoms with Crippen LogP contribution < -0.4 is 11.1 Å². The van der Waals surface area contributed by atoms with Crippen molar-refractivity contribution in [2.75, 3.05) is 0 Å². The molecule has 3 N–H and O–H groups in total. The molecule has 1 heterocycles. The smallest absolute Gasteiger partial charge is 0.237 e. The van der Waals surface area contributed by atoms with Gasteiger partial charge in [-0.15, -0.1) is 11.3 Å². The fraction of sp³-hybridized carbons (Fsp3) is 0.667. The minimum absolute atomic E-state index is 0.0897. The molecule has 0 aliphatic carbocycles. The maximum absolute atomic E-state index is 11.6. The molecule has 0 saturated carbocycles. The summed E-state index contributed by atoms with van der Waals surface area (Å²) in [7, 11) is 0. The van der Waals surface area contributed by atoms with Gasteiger partial charge in [0.25, 0.3) is 0 Å². The fourth-order valence-electron chi connectivity index (χ4n) is 1.41. The van der Waals surface area contributed by atoms with E-state index in [0.29, 0.717) is 12.5 Å². The van der Waals surface area contributed by atoms with Gasteiger partial charge in [-0.2, -0.15) is 0 Å². The summed E-state index contributed by atoms with van der Waals surface area (Å²) in [4.78, 5) is 16.0. The molecule has 1 atom stereocenters. The van der Waals surface area contributed by atoms with Crippen molar-refractivity contribution in [1.82, 2.24) is 10.3 Å². The van der Waals surface area contributed by atoms with E-state index < -0.39 is 6.04 Å². The zero-order valence-electron chi connectivity index (χ0n) is 10.7. The second-order valence-electron chi connectivity index (χ2n) is 4.43. The van der Waals surface area contributed by atoms with Crippen LogP contribution in [0.15, 0.2) is 5.38 Å². The first-order chi connectivity index (χ1) is 8.04. The van der Waals surface area contributed by atoms with Crippen LogP contribution in [0, 0.1) is 0 Å². The Morgan fingerprint density at radius 1 is 1.59 bits per heavy atom. The van der Waals surface area contributed by atoms with Crippen molar-refractivity contribution < 1.29 is 4.79 Å². The van der Waals surface area contributed by atoms with Gasteiger partial charge in [-0.25, -0.2) is 4.98 Å². The van der Waals surface area contributed by atoms with Gasteiger partial charge in [0.2, 0.25) is 5.91 Å². The van der Waals surface area contributed by atoms with Crippen LogP contribution in [0.4, 0.5) is 0 Å². The van der Waals surface area contributed by atoms with Crippen molar-refractivity contribution in [3.63, 3.8) is 0 Å². The molecule has 0 radical (unpaired) electrons. The van der Waals surface area contributed by atoms with Crippen LogP contribution in [0.5, 0.6) is 0 Å². The summed E-state index contributed by atoms with van der Waals surface area (Å²) >= 11 is 1.58. The van der Waals surface area contributed by atoms with Gasteiger partial charge < -0.3 is 11.1 Å². The summed E-state index contributed by atoms with van der Waals surface area (Å²) in [5.41, 5.74) is 6.80. The highest BCUT2D eigenvalue weighted by Gasteiger charge is 2.12. The summed E-state index contributed by atoms with van der Waals surface area (Å²) in [6, 6.07) is -0.399. The lowest BCUT2D eigenvalue weighted by molar-refractivity contribution is -0.122. The Morgan fingerprint density at radius 2 is 2.29 bits per heavy atom. The van der Waals surface area contributed by atoms with Gasteiger partial charge in [-0.05, 0) is 12.3 Å². The van der Waals surface area contributed by atoms with Crippen molar-refractivity contribution in [2.45, 2.75) is 52.1 Å². The highest BCUT2D eigenvalue weighted by Crippen LogP contribution is 2.17. The predicted octanol–water partition coefficient (Wildman–Crippen LogP) is 2.01. The van der Waals surface area contributed by atoms with Gasteiger partial charge in [0.1, 0.15) is 5.01 Å². The molecule has 0 spiro atoms. The second-order valence-corrected chi connectivity index (χ2v) is 5.38. The summed E-state index contributed by atoms with van der Waals surface area (Å²) in [6.07, 6.45) is 1.64. The highest BCUT2D eigenvalue weighted by atomic mass is 32.1. The summed E-state index contributed by atoms with van der Waals surface area (Å²) in [5.74, 6) is 0.339. The van der Waals surface area contributed by atoms with Gasteiger partial charge in [0.15, 0.2) is 0 Å². The van der Waals surface area contributed by atoms with E-state index in [1.807, 2.05) is 12.3 Å². The SMILES string of the molecule is CCCC(N)C(=O)NCc1nc(C(C)C)cs1. The molecule has 1 unspecified atom stereocenters. The number of carbonyl (C=O) groups excluding carboxylic acids is 1. The highest BCUT2D eigenvalue weighted by molar-refractivity contribution is 7.09. The average molecular weight is 255 g/mol. The van der Waals surface area contributed by atoms with Crippen molar-refractivity contribution in [3.8, 4) is 0 Å². The van der Waals surface area contributed by atoms with Crippen molar-refractivity contribution >= 4 is 17.2 Å². The standard InChI is InChI=1S/C12H21N3OS/c1-4-5-9(13)12(16)14-6-11-15-10(7-17-11)8(2)3/h7-9H,4-6,13H2,1-3H3,(H,14,16). The third kappa shape index (κ3) is 4.44. The number of amides is 1. The Morgan fingerprint density at radius 3 is 2.82 bits per heavy atom. The van der Waals surface area contributed by atoms with E-state index in [2.05, 4.69) is 24.1 Å². The summed E-state index contributed by atoms with van der Waals surface area (Å²) in [6.45, 7) is 6.71. The van der Waals surface area contributed by atoms with Crippen LogP contribution in [0.2, 0.25) is 0 Å². The molecule has 0 bridgehead atoms. The largest absolute Gasteiger partial charge is 0.348 e. The van der Waals surface area contributed by atoms with Crippen LogP contribution in [0.1, 0.15) is 50.2 Å². The molecule has 5 heteroatoms. The molecule has 1 amide bonds. The Kier molecular flexibility index (Phi) is 5.58. The Bertz CT molecular complexity index is 362. The number of nitrogens with zero attached hydrogens (tertiary/aromatic N) is 1. The van der Waals surface area contributed by atoms with E-state index in [0.717, 1.165) is 23.5 Å². The number of rotatable bonds is 6. The molecule has 0 aromatic carbocycles. The molecule has 1 aromatic heterocycles. The van der Waals surface area contributed by atoms with Crippen LogP contribution in [0.3, 0.4) is 0 Å². The first kappa shape index (κ1) is 14.1. The number of carbonyl (C=O) groups is 1. The molecule has 17 heavy (non-hydrogen) atoms. The summed E-state index contributed by atoms with van der Waals surface area (Å²) in [5, 5.41) is 5.80. The van der Waals surface area contributed by atoms with Gasteiger partial charge in [-0.3, -0.25) is 4.79 Å². The molecule has 1 aromatic rings. The van der Waals surface area contributed by atoms with Gasteiger partial charge in [-0.1, -0.05) is 27.2 Å². The van der Waals surface area contributed by atoms with Crippen molar-refractivity contribution in [2.24, 2.45) is 5.73 Å². The fourth-order valence-corrected chi connectivity index (χ4v) is 2.30. The molecule has 0 fully saturated rings. The zero-order valence-corrected chi connectivity index (χ0v) is 11.5. The minimum Gasteiger partial charge on any atom is -0.348 e. The Hall–Kier alpha value is -0.940. The zero-order chi connectivity index (χ0) is 12.8. The van der Waals surface area contributed by atoms with Gasteiger partial charge in [0, 0.05) is 5.38 Å². The number of nitrogens with one attached hydrogen (secondary N) is 1. The van der Waals surface area contributed by atoms with E-state index in [1.165, 1.54) is 0 Å². The van der Waals surface area contributed by atoms with E-state index >= 15 is 0 Å². The van der Waals surface area contributed by atoms with Crippen LogP contribution in [-0.2, 0) is 11.3 Å². The monoisotopic (exact) mass is 255 g/mol. The van der Waals surface area contributed by atoms with Crippen LogP contribution in [-0.4, -0.2) is 16.9 Å². The predicted molar refractivity (Wildman–Crippen MR) is 70.9 cm³/mol.